The summed E-state index contributed by atoms with van der Waals surface area (Å²) < 4.78 is 24.1. The lowest BCUT2D eigenvalue weighted by atomic mass is 9.65. The normalized spacial score (nSPS) is 15.7. The van der Waals surface area contributed by atoms with Crippen LogP contribution in [0.25, 0.3) is 33.2 Å². The maximum absolute atomic E-state index is 12.1. The van der Waals surface area contributed by atoms with Crippen LogP contribution in [0.3, 0.4) is 0 Å². The summed E-state index contributed by atoms with van der Waals surface area (Å²) in [7, 11) is -3.14. The van der Waals surface area contributed by atoms with Crippen LogP contribution >= 0.6 is 0 Å². The van der Waals surface area contributed by atoms with Crippen LogP contribution < -0.4 is 0 Å². The minimum absolute atomic E-state index is 0.440. The molecule has 1 unspecified atom stereocenters. The number of carbonyl (C=O) groups is 1. The van der Waals surface area contributed by atoms with Crippen molar-refractivity contribution in [3.8, 4) is 22.3 Å². The van der Waals surface area contributed by atoms with E-state index in [1.54, 1.807) is 13.1 Å². The molecule has 5 rings (SSSR count). The molecule has 0 amide bonds. The highest BCUT2D eigenvalue weighted by molar-refractivity contribution is 7.91. The predicted octanol–water partition coefficient (Wildman–Crippen LogP) is 6.34. The average molecular weight is 514 g/mol. The Kier molecular flexibility index (Phi) is 6.63. The van der Waals surface area contributed by atoms with E-state index >= 15 is 0 Å². The Hall–Kier alpha value is -3.51. The number of sulfone groups is 1. The molecule has 0 aliphatic heterocycles. The van der Waals surface area contributed by atoms with Gasteiger partial charge in [0.15, 0.2) is 0 Å². The minimum atomic E-state index is -3.14. The molecule has 190 valence electrons. The quantitative estimate of drug-likeness (QED) is 0.297. The molecule has 1 aliphatic rings. The number of hydrogen-bond donors (Lipinski definition) is 1. The number of nitrogens with zero attached hydrogens (tertiary/aromatic N) is 1. The fourth-order valence-electron chi connectivity index (χ4n) is 5.22. The van der Waals surface area contributed by atoms with Gasteiger partial charge in [-0.25, -0.2) is 8.42 Å². The Bertz CT molecular complexity index is 1570. The zero-order valence-electron chi connectivity index (χ0n) is 21.1. The summed E-state index contributed by atoms with van der Waals surface area (Å²) in [6.07, 6.45) is 6.54. The Labute approximate surface area is 218 Å². The summed E-state index contributed by atoms with van der Waals surface area (Å²) in [6.45, 7) is 1.75. The van der Waals surface area contributed by atoms with Gasteiger partial charge >= 0.3 is 5.97 Å². The molecule has 1 atom stereocenters. The summed E-state index contributed by atoms with van der Waals surface area (Å²) >= 11 is 0. The van der Waals surface area contributed by atoms with Gasteiger partial charge in [0.2, 0.25) is 0 Å². The third kappa shape index (κ3) is 5.16. The standard InChI is InChI=1S/C31H31NO4S/c1-21(37(2,35)36)16-23-17-27-8-4-15-32-29(27)28(18-23)26-7-3-6-25(19-26)24-11-9-22(10-12-24)20-31(30(33)34)13-5-14-31/h3-4,6-12,15,17-19,21H,5,13-14,16,20H2,1-2H3,(H,33,34). The van der Waals surface area contributed by atoms with Crippen molar-refractivity contribution in [2.75, 3.05) is 6.26 Å². The summed E-state index contributed by atoms with van der Waals surface area (Å²) in [4.78, 5) is 16.4. The van der Waals surface area contributed by atoms with E-state index in [9.17, 15) is 18.3 Å². The highest BCUT2D eigenvalue weighted by Gasteiger charge is 2.44. The number of pyridine rings is 1. The third-order valence-electron chi connectivity index (χ3n) is 7.79. The van der Waals surface area contributed by atoms with Gasteiger partial charge in [-0.15, -0.1) is 0 Å². The Balaban J connectivity index is 1.48. The van der Waals surface area contributed by atoms with E-state index in [1.165, 1.54) is 6.26 Å². The van der Waals surface area contributed by atoms with Gasteiger partial charge in [-0.2, -0.15) is 0 Å². The van der Waals surface area contributed by atoms with Crippen molar-refractivity contribution in [1.29, 1.82) is 0 Å². The number of benzene rings is 3. The molecule has 6 heteroatoms. The lowest BCUT2D eigenvalue weighted by molar-refractivity contribution is -0.154. The van der Waals surface area contributed by atoms with Crippen LogP contribution in [0.2, 0.25) is 0 Å². The fraction of sp³-hybridized carbons (Fsp3) is 0.290. The first kappa shape index (κ1) is 25.2. The van der Waals surface area contributed by atoms with Crippen molar-refractivity contribution >= 4 is 26.7 Å². The van der Waals surface area contributed by atoms with Crippen LogP contribution in [-0.2, 0) is 27.5 Å². The lowest BCUT2D eigenvalue weighted by Crippen LogP contribution is -2.39. The highest BCUT2D eigenvalue weighted by Crippen LogP contribution is 2.44. The molecule has 37 heavy (non-hydrogen) atoms. The SMILES string of the molecule is CC(Cc1cc(-c2cccc(-c3ccc(CC4(C(=O)O)CCC4)cc3)c2)c2ncccc2c1)S(C)(=O)=O. The molecule has 1 aliphatic carbocycles. The fourth-order valence-corrected chi connectivity index (χ4v) is 5.71. The minimum Gasteiger partial charge on any atom is -0.481 e. The molecular formula is C31H31NO4S. The summed E-state index contributed by atoms with van der Waals surface area (Å²) in [6, 6.07) is 24.5. The molecule has 1 heterocycles. The Morgan fingerprint density at radius 1 is 0.946 bits per heavy atom. The number of hydrogen-bond acceptors (Lipinski definition) is 4. The zero-order chi connectivity index (χ0) is 26.2. The average Bonchev–Trinajstić information content (AvgIpc) is 2.85. The van der Waals surface area contributed by atoms with Crippen molar-refractivity contribution in [2.45, 2.75) is 44.3 Å². The third-order valence-corrected chi connectivity index (χ3v) is 9.41. The maximum Gasteiger partial charge on any atom is 0.309 e. The first-order valence-corrected chi connectivity index (χ1v) is 14.6. The number of rotatable bonds is 8. The number of aliphatic carboxylic acids is 1. The molecule has 1 fully saturated rings. The molecule has 0 radical (unpaired) electrons. The molecule has 0 spiro atoms. The van der Waals surface area contributed by atoms with Crippen molar-refractivity contribution in [2.24, 2.45) is 5.41 Å². The van der Waals surface area contributed by atoms with Gasteiger partial charge in [0, 0.05) is 23.4 Å². The number of carboxylic acids is 1. The molecule has 1 N–H and O–H groups in total. The number of aromatic nitrogens is 1. The van der Waals surface area contributed by atoms with Crippen LogP contribution in [0.4, 0.5) is 0 Å². The van der Waals surface area contributed by atoms with Gasteiger partial charge in [-0.05, 0) is 84.7 Å². The van der Waals surface area contributed by atoms with Crippen molar-refractivity contribution < 1.29 is 18.3 Å². The molecule has 0 bridgehead atoms. The Morgan fingerprint density at radius 3 is 2.32 bits per heavy atom. The summed E-state index contributed by atoms with van der Waals surface area (Å²) in [5.41, 5.74) is 6.39. The van der Waals surface area contributed by atoms with E-state index in [4.69, 9.17) is 0 Å². The summed E-state index contributed by atoms with van der Waals surface area (Å²) in [5.74, 6) is -0.690. The van der Waals surface area contributed by atoms with Crippen LogP contribution in [-0.4, -0.2) is 36.0 Å². The molecule has 3 aromatic carbocycles. The van der Waals surface area contributed by atoms with E-state index in [-0.39, 0.29) is 0 Å². The molecule has 1 saturated carbocycles. The zero-order valence-corrected chi connectivity index (χ0v) is 22.0. The molecular weight excluding hydrogens is 482 g/mol. The second-order valence-corrected chi connectivity index (χ2v) is 12.9. The van der Waals surface area contributed by atoms with Crippen molar-refractivity contribution in [3.63, 3.8) is 0 Å². The van der Waals surface area contributed by atoms with E-state index in [2.05, 4.69) is 41.4 Å². The highest BCUT2D eigenvalue weighted by atomic mass is 32.2. The van der Waals surface area contributed by atoms with Crippen LogP contribution in [0.5, 0.6) is 0 Å². The molecule has 4 aromatic rings. The largest absolute Gasteiger partial charge is 0.481 e. The van der Waals surface area contributed by atoms with Gasteiger partial charge in [0.05, 0.1) is 16.2 Å². The predicted molar refractivity (Wildman–Crippen MR) is 148 cm³/mol. The van der Waals surface area contributed by atoms with Gasteiger partial charge in [-0.3, -0.25) is 9.78 Å². The van der Waals surface area contributed by atoms with E-state index in [0.717, 1.165) is 63.5 Å². The Morgan fingerprint density at radius 2 is 1.68 bits per heavy atom. The maximum atomic E-state index is 12.1. The van der Waals surface area contributed by atoms with E-state index < -0.39 is 26.5 Å². The van der Waals surface area contributed by atoms with Crippen LogP contribution in [0.15, 0.2) is 79.0 Å². The molecule has 1 aromatic heterocycles. The van der Waals surface area contributed by atoms with E-state index in [1.807, 2.05) is 36.4 Å². The van der Waals surface area contributed by atoms with Crippen molar-refractivity contribution in [3.05, 3.63) is 90.1 Å². The van der Waals surface area contributed by atoms with Crippen LogP contribution in [0, 0.1) is 5.41 Å². The second-order valence-electron chi connectivity index (χ2n) is 10.5. The number of fused-ring (bicyclic) bond motifs is 1. The smallest absolute Gasteiger partial charge is 0.309 e. The lowest BCUT2D eigenvalue weighted by Gasteiger charge is -2.37. The first-order chi connectivity index (χ1) is 17.6. The number of carboxylic acid groups (broad SMARTS) is 1. The van der Waals surface area contributed by atoms with Crippen molar-refractivity contribution in [1.82, 2.24) is 4.98 Å². The van der Waals surface area contributed by atoms with Gasteiger partial charge in [0.25, 0.3) is 0 Å². The van der Waals surface area contributed by atoms with Crippen LogP contribution in [0.1, 0.15) is 37.3 Å². The van der Waals surface area contributed by atoms with Gasteiger partial charge in [0.1, 0.15) is 9.84 Å². The molecule has 5 nitrogen and oxygen atoms in total. The second kappa shape index (κ2) is 9.75. The summed E-state index contributed by atoms with van der Waals surface area (Å²) in [5, 5.41) is 10.2. The van der Waals surface area contributed by atoms with Gasteiger partial charge in [-0.1, -0.05) is 55.0 Å². The molecule has 0 saturated heterocycles. The first-order valence-electron chi connectivity index (χ1n) is 12.6. The van der Waals surface area contributed by atoms with Gasteiger partial charge < -0.3 is 5.11 Å². The monoisotopic (exact) mass is 513 g/mol. The topological polar surface area (TPSA) is 84.3 Å². The van der Waals surface area contributed by atoms with E-state index in [0.29, 0.717) is 12.8 Å².